The van der Waals surface area contributed by atoms with Gasteiger partial charge in [0.25, 0.3) is 0 Å². The van der Waals surface area contributed by atoms with Gasteiger partial charge in [-0.05, 0) is 44.5 Å². The van der Waals surface area contributed by atoms with E-state index in [0.29, 0.717) is 0 Å². The summed E-state index contributed by atoms with van der Waals surface area (Å²) >= 11 is 0. The number of rotatable bonds is 5. The number of anilines is 1. The summed E-state index contributed by atoms with van der Waals surface area (Å²) in [7, 11) is 2.24. The van der Waals surface area contributed by atoms with E-state index in [-0.39, 0.29) is 0 Å². The molecule has 0 saturated heterocycles. The molecule has 0 aliphatic heterocycles. The van der Waals surface area contributed by atoms with E-state index in [1.165, 1.54) is 31.2 Å². The highest BCUT2D eigenvalue weighted by molar-refractivity contribution is 5.37. The van der Waals surface area contributed by atoms with Gasteiger partial charge in [-0.3, -0.25) is 4.90 Å². The molecule has 0 bridgehead atoms. The molecule has 1 saturated carbocycles. The zero-order chi connectivity index (χ0) is 12.1. The second kappa shape index (κ2) is 6.01. The van der Waals surface area contributed by atoms with Crippen LogP contribution in [0.25, 0.3) is 0 Å². The van der Waals surface area contributed by atoms with Crippen LogP contribution in [-0.4, -0.2) is 29.5 Å². The van der Waals surface area contributed by atoms with Crippen molar-refractivity contribution in [2.24, 2.45) is 0 Å². The van der Waals surface area contributed by atoms with Crippen molar-refractivity contribution in [1.82, 2.24) is 9.88 Å². The molecular formula is C14H23N3. The average Bonchev–Trinajstić information content (AvgIpc) is 2.83. The first-order valence-electron chi connectivity index (χ1n) is 6.68. The summed E-state index contributed by atoms with van der Waals surface area (Å²) in [6.07, 6.45) is 7.42. The van der Waals surface area contributed by atoms with Gasteiger partial charge in [0.2, 0.25) is 0 Å². The summed E-state index contributed by atoms with van der Waals surface area (Å²) in [5, 5.41) is 3.26. The third-order valence-corrected chi connectivity index (χ3v) is 3.56. The van der Waals surface area contributed by atoms with Gasteiger partial charge in [-0.2, -0.15) is 0 Å². The third kappa shape index (κ3) is 3.43. The first-order chi connectivity index (χ1) is 8.29. The Bertz CT molecular complexity index is 345. The molecule has 1 fully saturated rings. The number of nitrogens with zero attached hydrogens (tertiary/aromatic N) is 2. The maximum Gasteiger partial charge on any atom is 0.126 e. The molecule has 0 aromatic carbocycles. The van der Waals surface area contributed by atoms with Crippen LogP contribution in [0.3, 0.4) is 0 Å². The number of pyridine rings is 1. The Morgan fingerprint density at radius 2 is 2.18 bits per heavy atom. The van der Waals surface area contributed by atoms with Gasteiger partial charge in [0.05, 0.1) is 0 Å². The van der Waals surface area contributed by atoms with Crippen molar-refractivity contribution in [3.8, 4) is 0 Å². The summed E-state index contributed by atoms with van der Waals surface area (Å²) in [4.78, 5) is 6.79. The number of hydrogen-bond acceptors (Lipinski definition) is 3. The lowest BCUT2D eigenvalue weighted by Gasteiger charge is -2.24. The molecule has 0 spiro atoms. The Morgan fingerprint density at radius 3 is 2.88 bits per heavy atom. The van der Waals surface area contributed by atoms with Gasteiger partial charge in [0.15, 0.2) is 0 Å². The minimum Gasteiger partial charge on any atom is -0.370 e. The molecule has 0 radical (unpaired) electrons. The Hall–Kier alpha value is -1.09. The lowest BCUT2D eigenvalue weighted by atomic mass is 10.2. The minimum absolute atomic E-state index is 0.783. The molecule has 0 atom stereocenters. The molecule has 17 heavy (non-hydrogen) atoms. The molecule has 1 aliphatic carbocycles. The van der Waals surface area contributed by atoms with Crippen LogP contribution in [0.4, 0.5) is 5.82 Å². The largest absolute Gasteiger partial charge is 0.370 e. The molecule has 0 amide bonds. The Labute approximate surface area is 104 Å². The van der Waals surface area contributed by atoms with Crippen molar-refractivity contribution in [2.45, 2.75) is 45.2 Å². The minimum atomic E-state index is 0.783. The van der Waals surface area contributed by atoms with E-state index in [4.69, 9.17) is 0 Å². The van der Waals surface area contributed by atoms with E-state index in [2.05, 4.69) is 41.3 Å². The normalized spacial score (nSPS) is 16.6. The van der Waals surface area contributed by atoms with Crippen molar-refractivity contribution >= 4 is 5.82 Å². The molecule has 2 rings (SSSR count). The Balaban J connectivity index is 1.94. The maximum atomic E-state index is 4.30. The first kappa shape index (κ1) is 12.4. The molecule has 1 heterocycles. The zero-order valence-corrected chi connectivity index (χ0v) is 10.9. The molecule has 1 N–H and O–H groups in total. The Morgan fingerprint density at radius 1 is 1.41 bits per heavy atom. The van der Waals surface area contributed by atoms with Crippen LogP contribution in [-0.2, 0) is 6.54 Å². The van der Waals surface area contributed by atoms with Gasteiger partial charge in [-0.15, -0.1) is 0 Å². The van der Waals surface area contributed by atoms with E-state index in [9.17, 15) is 0 Å². The van der Waals surface area contributed by atoms with Crippen LogP contribution in [0.1, 0.15) is 38.2 Å². The fourth-order valence-corrected chi connectivity index (χ4v) is 2.61. The number of nitrogens with one attached hydrogen (secondary N) is 1. The molecule has 3 nitrogen and oxygen atoms in total. The van der Waals surface area contributed by atoms with E-state index < -0.39 is 0 Å². The molecule has 0 unspecified atom stereocenters. The number of aromatic nitrogens is 1. The maximum absolute atomic E-state index is 4.30. The SMILES string of the molecule is CCNc1cc(CN(C)C2CCCC2)ccn1. The van der Waals surface area contributed by atoms with Crippen LogP contribution in [0.2, 0.25) is 0 Å². The van der Waals surface area contributed by atoms with Crippen LogP contribution < -0.4 is 5.32 Å². The standard InChI is InChI=1S/C14H23N3/c1-3-15-14-10-12(8-9-16-14)11-17(2)13-6-4-5-7-13/h8-10,13H,3-7,11H2,1-2H3,(H,15,16). The van der Waals surface area contributed by atoms with Crippen LogP contribution >= 0.6 is 0 Å². The summed E-state index contributed by atoms with van der Waals surface area (Å²) in [6.45, 7) is 4.06. The monoisotopic (exact) mass is 233 g/mol. The predicted octanol–water partition coefficient (Wildman–Crippen LogP) is 2.89. The average molecular weight is 233 g/mol. The topological polar surface area (TPSA) is 28.2 Å². The van der Waals surface area contributed by atoms with Crippen molar-refractivity contribution < 1.29 is 0 Å². The molecule has 1 aromatic rings. The van der Waals surface area contributed by atoms with Gasteiger partial charge in [-0.25, -0.2) is 4.98 Å². The molecular weight excluding hydrogens is 210 g/mol. The molecule has 1 aliphatic rings. The highest BCUT2D eigenvalue weighted by atomic mass is 15.1. The van der Waals surface area contributed by atoms with Gasteiger partial charge < -0.3 is 5.32 Å². The van der Waals surface area contributed by atoms with Crippen molar-refractivity contribution in [2.75, 3.05) is 18.9 Å². The van der Waals surface area contributed by atoms with E-state index in [0.717, 1.165) is 24.9 Å². The lowest BCUT2D eigenvalue weighted by molar-refractivity contribution is 0.237. The van der Waals surface area contributed by atoms with Gasteiger partial charge in [0.1, 0.15) is 5.82 Å². The third-order valence-electron chi connectivity index (χ3n) is 3.56. The van der Waals surface area contributed by atoms with Crippen molar-refractivity contribution in [3.05, 3.63) is 23.9 Å². The molecule has 1 aromatic heterocycles. The van der Waals surface area contributed by atoms with Gasteiger partial charge in [0, 0.05) is 25.3 Å². The molecule has 94 valence electrons. The predicted molar refractivity (Wildman–Crippen MR) is 72.1 cm³/mol. The summed E-state index contributed by atoms with van der Waals surface area (Å²) in [5.74, 6) is 0.991. The quantitative estimate of drug-likeness (QED) is 0.847. The highest BCUT2D eigenvalue weighted by Crippen LogP contribution is 2.23. The fraction of sp³-hybridized carbons (Fsp3) is 0.643. The second-order valence-corrected chi connectivity index (χ2v) is 4.93. The summed E-state index contributed by atoms with van der Waals surface area (Å²) < 4.78 is 0. The number of hydrogen-bond donors (Lipinski definition) is 1. The smallest absolute Gasteiger partial charge is 0.126 e. The second-order valence-electron chi connectivity index (χ2n) is 4.93. The summed E-state index contributed by atoms with van der Waals surface area (Å²) in [5.41, 5.74) is 1.35. The van der Waals surface area contributed by atoms with Gasteiger partial charge in [-0.1, -0.05) is 12.8 Å². The van der Waals surface area contributed by atoms with Crippen LogP contribution in [0.15, 0.2) is 18.3 Å². The lowest BCUT2D eigenvalue weighted by Crippen LogP contribution is -2.28. The van der Waals surface area contributed by atoms with Gasteiger partial charge >= 0.3 is 0 Å². The van der Waals surface area contributed by atoms with Crippen LogP contribution in [0, 0.1) is 0 Å². The molecule has 3 heteroatoms. The van der Waals surface area contributed by atoms with Crippen LogP contribution in [0.5, 0.6) is 0 Å². The van der Waals surface area contributed by atoms with Crippen molar-refractivity contribution in [1.29, 1.82) is 0 Å². The fourth-order valence-electron chi connectivity index (χ4n) is 2.61. The highest BCUT2D eigenvalue weighted by Gasteiger charge is 2.19. The summed E-state index contributed by atoms with van der Waals surface area (Å²) in [6, 6.07) is 5.06. The first-order valence-corrected chi connectivity index (χ1v) is 6.68. The van der Waals surface area contributed by atoms with E-state index in [1.54, 1.807) is 0 Å². The van der Waals surface area contributed by atoms with E-state index in [1.807, 2.05) is 6.20 Å². The van der Waals surface area contributed by atoms with E-state index >= 15 is 0 Å². The zero-order valence-electron chi connectivity index (χ0n) is 10.9. The van der Waals surface area contributed by atoms with Crippen molar-refractivity contribution in [3.63, 3.8) is 0 Å². The Kier molecular flexibility index (Phi) is 4.37.